The number of fused-ring (bicyclic) bond motifs is 1. The lowest BCUT2D eigenvalue weighted by atomic mass is 10.1. The molecule has 1 saturated heterocycles. The number of ketones is 1. The van der Waals surface area contributed by atoms with Gasteiger partial charge >= 0.3 is 0 Å². The molecule has 3 aromatic carbocycles. The number of carbonyl (C=O) groups is 1. The third-order valence-corrected chi connectivity index (χ3v) is 6.78. The van der Waals surface area contributed by atoms with Crippen LogP contribution in [0.15, 0.2) is 66.7 Å². The molecule has 0 unspecified atom stereocenters. The molecule has 4 aromatic rings. The van der Waals surface area contributed by atoms with Gasteiger partial charge in [0.15, 0.2) is 5.75 Å². The summed E-state index contributed by atoms with van der Waals surface area (Å²) in [6, 6.07) is 20.7. The molecule has 0 atom stereocenters. The third kappa shape index (κ3) is 4.07. The summed E-state index contributed by atoms with van der Waals surface area (Å²) in [5.74, 6) is 1.33. The Morgan fingerprint density at radius 1 is 1.03 bits per heavy atom. The predicted octanol–water partition coefficient (Wildman–Crippen LogP) is 6.14. The van der Waals surface area contributed by atoms with Crippen LogP contribution in [0.4, 0.5) is 0 Å². The number of aryl methyl sites for hydroxylation is 1. The molecule has 1 aliphatic rings. The van der Waals surface area contributed by atoms with Gasteiger partial charge in [-0.15, -0.1) is 11.3 Å². The molecule has 1 N–H and O–H groups in total. The topological polar surface area (TPSA) is 49.8 Å². The average molecular weight is 430 g/mol. The number of likely N-dealkylation sites (tertiary alicyclic amines) is 1. The van der Waals surface area contributed by atoms with Crippen LogP contribution in [0, 0.1) is 6.92 Å². The largest absolute Gasteiger partial charge is 0.508 e. The highest BCUT2D eigenvalue weighted by molar-refractivity contribution is 7.21. The molecule has 2 heterocycles. The van der Waals surface area contributed by atoms with Gasteiger partial charge in [-0.05, 0) is 62.3 Å². The van der Waals surface area contributed by atoms with Crippen molar-refractivity contribution in [3.8, 4) is 17.2 Å². The molecular weight excluding hydrogens is 406 g/mol. The number of phenols is 1. The molecule has 4 nitrogen and oxygen atoms in total. The molecule has 156 valence electrons. The number of hydrogen-bond donors (Lipinski definition) is 1. The predicted molar refractivity (Wildman–Crippen MR) is 125 cm³/mol. The van der Waals surface area contributed by atoms with E-state index in [1.54, 1.807) is 18.2 Å². The molecule has 1 aromatic heterocycles. The van der Waals surface area contributed by atoms with Gasteiger partial charge in [-0.3, -0.25) is 9.69 Å². The standard InChI is InChI=1S/C26H23NO3S/c1-17-3-7-19(8-4-17)24(29)26-25(22-12-9-20(28)15-23(22)31-26)30-21-10-5-18(6-11-21)16-27-13-2-14-27/h3-12,15,28H,2,13-14,16H2,1H3. The van der Waals surface area contributed by atoms with Gasteiger partial charge in [-0.25, -0.2) is 0 Å². The molecule has 1 aliphatic heterocycles. The molecule has 0 radical (unpaired) electrons. The fraction of sp³-hybridized carbons (Fsp3) is 0.192. The van der Waals surface area contributed by atoms with Crippen LogP contribution in [0.25, 0.3) is 10.1 Å². The van der Waals surface area contributed by atoms with E-state index in [1.165, 1.54) is 23.3 Å². The van der Waals surface area contributed by atoms with E-state index in [-0.39, 0.29) is 11.5 Å². The monoisotopic (exact) mass is 429 g/mol. The van der Waals surface area contributed by atoms with Gasteiger partial charge in [0.05, 0.1) is 0 Å². The second-order valence-corrected chi connectivity index (χ2v) is 9.06. The maximum Gasteiger partial charge on any atom is 0.206 e. The minimum absolute atomic E-state index is 0.0786. The van der Waals surface area contributed by atoms with Crippen LogP contribution in [0.2, 0.25) is 0 Å². The van der Waals surface area contributed by atoms with Crippen LogP contribution in [0.5, 0.6) is 17.2 Å². The van der Waals surface area contributed by atoms with Crippen molar-refractivity contribution < 1.29 is 14.6 Å². The minimum Gasteiger partial charge on any atom is -0.508 e. The van der Waals surface area contributed by atoms with Gasteiger partial charge in [-0.1, -0.05) is 42.0 Å². The number of benzene rings is 3. The van der Waals surface area contributed by atoms with Gasteiger partial charge in [0.25, 0.3) is 0 Å². The number of carbonyl (C=O) groups excluding carboxylic acids is 1. The molecular formula is C26H23NO3S. The van der Waals surface area contributed by atoms with E-state index in [0.29, 0.717) is 21.9 Å². The van der Waals surface area contributed by atoms with Crippen molar-refractivity contribution in [2.45, 2.75) is 19.9 Å². The van der Waals surface area contributed by atoms with Gasteiger partial charge < -0.3 is 9.84 Å². The summed E-state index contributed by atoms with van der Waals surface area (Å²) in [6.45, 7) is 5.28. The van der Waals surface area contributed by atoms with E-state index in [2.05, 4.69) is 17.0 Å². The van der Waals surface area contributed by atoms with E-state index in [9.17, 15) is 9.90 Å². The van der Waals surface area contributed by atoms with E-state index < -0.39 is 0 Å². The summed E-state index contributed by atoms with van der Waals surface area (Å²) in [5, 5.41) is 10.7. The first-order chi connectivity index (χ1) is 15.1. The van der Waals surface area contributed by atoms with Gasteiger partial charge in [0, 0.05) is 22.2 Å². The number of thiophene rings is 1. The van der Waals surface area contributed by atoms with Crippen molar-refractivity contribution in [1.29, 1.82) is 0 Å². The highest BCUT2D eigenvalue weighted by Crippen LogP contribution is 2.42. The highest BCUT2D eigenvalue weighted by Gasteiger charge is 2.22. The van der Waals surface area contributed by atoms with Gasteiger partial charge in [0.1, 0.15) is 16.4 Å². The average Bonchev–Trinajstić information content (AvgIpc) is 3.09. The molecule has 0 aliphatic carbocycles. The van der Waals surface area contributed by atoms with Crippen molar-refractivity contribution in [1.82, 2.24) is 4.90 Å². The zero-order valence-corrected chi connectivity index (χ0v) is 18.1. The lowest BCUT2D eigenvalue weighted by Gasteiger charge is -2.30. The van der Waals surface area contributed by atoms with Crippen LogP contribution >= 0.6 is 11.3 Å². The minimum atomic E-state index is -0.0786. The van der Waals surface area contributed by atoms with E-state index in [0.717, 1.165) is 35.3 Å². The molecule has 0 saturated carbocycles. The van der Waals surface area contributed by atoms with E-state index in [4.69, 9.17) is 4.74 Å². The first-order valence-electron chi connectivity index (χ1n) is 10.4. The zero-order chi connectivity index (χ0) is 21.4. The molecule has 31 heavy (non-hydrogen) atoms. The maximum absolute atomic E-state index is 13.3. The molecule has 1 fully saturated rings. The lowest BCUT2D eigenvalue weighted by molar-refractivity contribution is 0.104. The van der Waals surface area contributed by atoms with Crippen molar-refractivity contribution in [2.24, 2.45) is 0 Å². The van der Waals surface area contributed by atoms with Crippen LogP contribution in [-0.2, 0) is 6.54 Å². The Balaban J connectivity index is 1.49. The Bertz CT molecular complexity index is 1240. The summed E-state index contributed by atoms with van der Waals surface area (Å²) in [5.41, 5.74) is 2.98. The van der Waals surface area contributed by atoms with Gasteiger partial charge in [-0.2, -0.15) is 0 Å². The van der Waals surface area contributed by atoms with Crippen molar-refractivity contribution in [2.75, 3.05) is 13.1 Å². The van der Waals surface area contributed by atoms with Crippen LogP contribution in [0.1, 0.15) is 32.8 Å². The van der Waals surface area contributed by atoms with E-state index in [1.807, 2.05) is 43.3 Å². The lowest BCUT2D eigenvalue weighted by Crippen LogP contribution is -2.36. The highest BCUT2D eigenvalue weighted by atomic mass is 32.1. The fourth-order valence-corrected chi connectivity index (χ4v) is 4.85. The summed E-state index contributed by atoms with van der Waals surface area (Å²) in [6.07, 6.45) is 1.28. The summed E-state index contributed by atoms with van der Waals surface area (Å²) >= 11 is 1.35. The quantitative estimate of drug-likeness (QED) is 0.374. The number of rotatable bonds is 6. The number of phenolic OH excluding ortho intramolecular Hbond substituents is 1. The van der Waals surface area contributed by atoms with Crippen molar-refractivity contribution in [3.63, 3.8) is 0 Å². The fourth-order valence-electron chi connectivity index (χ4n) is 3.73. The molecule has 0 spiro atoms. The number of nitrogens with zero attached hydrogens (tertiary/aromatic N) is 1. The third-order valence-electron chi connectivity index (χ3n) is 5.65. The molecule has 5 rings (SSSR count). The first kappa shape index (κ1) is 19.8. The summed E-state index contributed by atoms with van der Waals surface area (Å²) < 4.78 is 7.08. The maximum atomic E-state index is 13.3. The van der Waals surface area contributed by atoms with Crippen molar-refractivity contribution >= 4 is 27.2 Å². The molecule has 0 amide bonds. The first-order valence-corrected chi connectivity index (χ1v) is 11.2. The number of hydrogen-bond acceptors (Lipinski definition) is 5. The molecule has 0 bridgehead atoms. The van der Waals surface area contributed by atoms with Gasteiger partial charge in [0.2, 0.25) is 5.78 Å². The molecule has 5 heteroatoms. The Kier molecular flexibility index (Phi) is 5.22. The number of ether oxygens (including phenoxy) is 1. The zero-order valence-electron chi connectivity index (χ0n) is 17.3. The Morgan fingerprint density at radius 2 is 1.77 bits per heavy atom. The number of aromatic hydroxyl groups is 1. The normalized spacial score (nSPS) is 13.8. The van der Waals surface area contributed by atoms with E-state index >= 15 is 0 Å². The Labute approximate surface area is 185 Å². The van der Waals surface area contributed by atoms with Crippen LogP contribution in [0.3, 0.4) is 0 Å². The summed E-state index contributed by atoms with van der Waals surface area (Å²) in [4.78, 5) is 16.2. The van der Waals surface area contributed by atoms with Crippen molar-refractivity contribution in [3.05, 3.63) is 88.3 Å². The summed E-state index contributed by atoms with van der Waals surface area (Å²) in [7, 11) is 0. The second kappa shape index (κ2) is 8.17. The Morgan fingerprint density at radius 3 is 2.45 bits per heavy atom. The smallest absolute Gasteiger partial charge is 0.206 e. The van der Waals surface area contributed by atoms with Crippen LogP contribution in [-0.4, -0.2) is 28.9 Å². The SMILES string of the molecule is Cc1ccc(C(=O)c2sc3cc(O)ccc3c2Oc2ccc(CN3CCC3)cc2)cc1. The second-order valence-electron chi connectivity index (χ2n) is 8.01. The van der Waals surface area contributed by atoms with Crippen LogP contribution < -0.4 is 4.74 Å². The Hall–Kier alpha value is -3.15.